The van der Waals surface area contributed by atoms with Gasteiger partial charge in [-0.2, -0.15) is 18.2 Å². The van der Waals surface area contributed by atoms with Gasteiger partial charge in [0.25, 0.3) is 0 Å². The van der Waals surface area contributed by atoms with Gasteiger partial charge < -0.3 is 20.9 Å². The van der Waals surface area contributed by atoms with Crippen molar-refractivity contribution in [3.05, 3.63) is 40.5 Å². The maximum absolute atomic E-state index is 13.5. The first kappa shape index (κ1) is 20.6. The highest BCUT2D eigenvalue weighted by molar-refractivity contribution is 6.30. The van der Waals surface area contributed by atoms with Crippen LogP contribution < -0.4 is 26.6 Å². The predicted molar refractivity (Wildman–Crippen MR) is 113 cm³/mol. The smallest absolute Gasteiger partial charge is 0.351 e. The normalized spacial score (nSPS) is 25.8. The first-order chi connectivity index (χ1) is 14.7. The van der Waals surface area contributed by atoms with Crippen molar-refractivity contribution in [1.82, 2.24) is 15.3 Å². The van der Waals surface area contributed by atoms with Crippen molar-refractivity contribution in [2.75, 3.05) is 28.6 Å². The van der Waals surface area contributed by atoms with Crippen LogP contribution in [0.3, 0.4) is 0 Å². The highest BCUT2D eigenvalue weighted by atomic mass is 35.5. The third-order valence-electron chi connectivity index (χ3n) is 6.21. The molecule has 1 aromatic heterocycles. The second-order valence-electron chi connectivity index (χ2n) is 8.34. The molecule has 1 aliphatic carbocycles. The van der Waals surface area contributed by atoms with E-state index in [1.165, 1.54) is 12.5 Å². The number of aromatic nitrogens is 2. The molecule has 7 nitrogen and oxygen atoms in total. The molecular formula is C20H23ClF3N7. The van der Waals surface area contributed by atoms with E-state index in [-0.39, 0.29) is 16.6 Å². The van der Waals surface area contributed by atoms with Gasteiger partial charge in [-0.3, -0.25) is 5.73 Å². The Kier molecular flexibility index (Phi) is 4.91. The molecule has 1 aromatic carbocycles. The van der Waals surface area contributed by atoms with Gasteiger partial charge in [-0.05, 0) is 50.4 Å². The molecule has 166 valence electrons. The molecular weight excluding hydrogens is 431 g/mol. The van der Waals surface area contributed by atoms with Crippen LogP contribution in [0.1, 0.15) is 36.8 Å². The van der Waals surface area contributed by atoms with E-state index in [4.69, 9.17) is 22.3 Å². The summed E-state index contributed by atoms with van der Waals surface area (Å²) in [4.78, 5) is 10.9. The Bertz CT molecular complexity index is 991. The average molecular weight is 454 g/mol. The van der Waals surface area contributed by atoms with Gasteiger partial charge in [0.05, 0.1) is 17.4 Å². The van der Waals surface area contributed by atoms with Crippen molar-refractivity contribution in [2.24, 2.45) is 5.73 Å². The van der Waals surface area contributed by atoms with E-state index in [9.17, 15) is 13.2 Å². The second kappa shape index (κ2) is 7.39. The van der Waals surface area contributed by atoms with Crippen molar-refractivity contribution >= 4 is 29.1 Å². The molecule has 2 fully saturated rings. The summed E-state index contributed by atoms with van der Waals surface area (Å²) in [6.07, 6.45) is 1.18. The van der Waals surface area contributed by atoms with Gasteiger partial charge in [-0.15, -0.1) is 0 Å². The fourth-order valence-corrected chi connectivity index (χ4v) is 4.62. The lowest BCUT2D eigenvalue weighted by Gasteiger charge is -2.40. The summed E-state index contributed by atoms with van der Waals surface area (Å²) < 4.78 is 40.4. The quantitative estimate of drug-likeness (QED) is 0.563. The van der Waals surface area contributed by atoms with Crippen molar-refractivity contribution in [3.63, 3.8) is 0 Å². The van der Waals surface area contributed by atoms with Crippen molar-refractivity contribution in [2.45, 2.75) is 49.7 Å². The molecule has 0 amide bonds. The van der Waals surface area contributed by atoms with Gasteiger partial charge >= 0.3 is 6.18 Å². The molecule has 2 aromatic rings. The average Bonchev–Trinajstić information content (AvgIpc) is 3.28. The van der Waals surface area contributed by atoms with Gasteiger partial charge in [-0.25, -0.2) is 4.98 Å². The van der Waals surface area contributed by atoms with Crippen molar-refractivity contribution in [3.8, 4) is 0 Å². The lowest BCUT2D eigenvalue weighted by atomic mass is 9.93. The number of hydrogen-bond donors (Lipinski definition) is 4. The Hall–Kier alpha value is -2.30. The first-order valence-corrected chi connectivity index (χ1v) is 10.7. The Balaban J connectivity index is 1.58. The minimum Gasteiger partial charge on any atom is -0.351 e. The molecule has 31 heavy (non-hydrogen) atoms. The van der Waals surface area contributed by atoms with Crippen LogP contribution in [0.15, 0.2) is 24.4 Å². The highest BCUT2D eigenvalue weighted by Gasteiger charge is 2.48. The van der Waals surface area contributed by atoms with Gasteiger partial charge in [0.15, 0.2) is 11.6 Å². The number of hydrogen-bond acceptors (Lipinski definition) is 7. The fraction of sp³-hybridized carbons (Fsp3) is 0.500. The molecule has 2 unspecified atom stereocenters. The summed E-state index contributed by atoms with van der Waals surface area (Å²) >= 11 is 6.07. The summed E-state index contributed by atoms with van der Waals surface area (Å²) in [6, 6.07) is 3.70. The zero-order valence-corrected chi connectivity index (χ0v) is 17.4. The SMILES string of the molecule is NC1(c2cc(Cl)cc(C(F)(F)F)c2)Nc2cnc(NC3CCC3)nc2N1C1CCNC1. The number of halogens is 4. The van der Waals surface area contributed by atoms with Crippen LogP contribution in [0, 0.1) is 0 Å². The number of fused-ring (bicyclic) bond motifs is 1. The predicted octanol–water partition coefficient (Wildman–Crippen LogP) is 3.48. The number of nitrogens with two attached hydrogens (primary N) is 1. The van der Waals surface area contributed by atoms with Crippen molar-refractivity contribution < 1.29 is 13.2 Å². The van der Waals surface area contributed by atoms with E-state index in [1.807, 2.05) is 4.90 Å². The third-order valence-corrected chi connectivity index (χ3v) is 6.42. The van der Waals surface area contributed by atoms with Gasteiger partial charge in [0.2, 0.25) is 5.95 Å². The standard InChI is InChI=1S/C20H23ClF3N7/c21-13-7-11(19(22,23)24)6-12(8-13)20(25)30-16-10-27-18(28-14-2-1-3-14)29-17(16)31(20)15-4-5-26-9-15/h6-8,10,14-15,26,30H,1-5,9,25H2,(H,27,28,29). The fourth-order valence-electron chi connectivity index (χ4n) is 4.39. The second-order valence-corrected chi connectivity index (χ2v) is 8.77. The highest BCUT2D eigenvalue weighted by Crippen LogP contribution is 2.45. The molecule has 3 heterocycles. The largest absolute Gasteiger partial charge is 0.416 e. The van der Waals surface area contributed by atoms with Crippen LogP contribution in [0.4, 0.5) is 30.6 Å². The number of rotatable bonds is 4. The Labute approximate surface area is 182 Å². The maximum Gasteiger partial charge on any atom is 0.416 e. The molecule has 1 saturated carbocycles. The van der Waals surface area contributed by atoms with E-state index in [2.05, 4.69) is 20.9 Å². The summed E-state index contributed by atoms with van der Waals surface area (Å²) in [7, 11) is 0. The molecule has 5 rings (SSSR count). The van der Waals surface area contributed by atoms with E-state index in [0.29, 0.717) is 30.0 Å². The summed E-state index contributed by atoms with van der Waals surface area (Å²) in [5.74, 6) is -0.387. The maximum atomic E-state index is 13.5. The molecule has 1 saturated heterocycles. The van der Waals surface area contributed by atoms with Crippen LogP contribution >= 0.6 is 11.6 Å². The van der Waals surface area contributed by atoms with Crippen LogP contribution in [-0.2, 0) is 12.0 Å². The number of benzene rings is 1. The van der Waals surface area contributed by atoms with Gasteiger partial charge in [0.1, 0.15) is 0 Å². The lowest BCUT2D eigenvalue weighted by Crippen LogP contribution is -2.59. The third kappa shape index (κ3) is 3.66. The summed E-state index contributed by atoms with van der Waals surface area (Å²) in [6.45, 7) is 1.43. The Morgan fingerprint density at radius 1 is 1.23 bits per heavy atom. The van der Waals surface area contributed by atoms with Crippen LogP contribution in [0.5, 0.6) is 0 Å². The Morgan fingerprint density at radius 3 is 2.68 bits per heavy atom. The van der Waals surface area contributed by atoms with E-state index < -0.39 is 17.5 Å². The van der Waals surface area contributed by atoms with Crippen LogP contribution in [0.25, 0.3) is 0 Å². The number of alkyl halides is 3. The summed E-state index contributed by atoms with van der Waals surface area (Å²) in [5, 5.41) is 9.75. The molecule has 11 heteroatoms. The molecule has 0 spiro atoms. The number of anilines is 3. The topological polar surface area (TPSA) is 91.1 Å². The first-order valence-electron chi connectivity index (χ1n) is 10.3. The zero-order chi connectivity index (χ0) is 21.8. The number of nitrogens with one attached hydrogen (secondary N) is 3. The molecule has 5 N–H and O–H groups in total. The van der Waals surface area contributed by atoms with E-state index in [1.54, 1.807) is 6.20 Å². The van der Waals surface area contributed by atoms with Crippen LogP contribution in [0.2, 0.25) is 5.02 Å². The molecule has 0 bridgehead atoms. The Morgan fingerprint density at radius 2 is 2.03 bits per heavy atom. The lowest BCUT2D eigenvalue weighted by molar-refractivity contribution is -0.137. The van der Waals surface area contributed by atoms with E-state index >= 15 is 0 Å². The monoisotopic (exact) mass is 453 g/mol. The molecule has 2 aliphatic heterocycles. The minimum atomic E-state index is -4.54. The zero-order valence-electron chi connectivity index (χ0n) is 16.6. The van der Waals surface area contributed by atoms with Crippen molar-refractivity contribution in [1.29, 1.82) is 0 Å². The van der Waals surface area contributed by atoms with Gasteiger partial charge in [-0.1, -0.05) is 11.6 Å². The molecule has 0 radical (unpaired) electrons. The van der Waals surface area contributed by atoms with Crippen LogP contribution in [-0.4, -0.2) is 35.1 Å². The summed E-state index contributed by atoms with van der Waals surface area (Å²) in [5.41, 5.74) is 6.74. The molecule has 2 atom stereocenters. The van der Waals surface area contributed by atoms with E-state index in [0.717, 1.165) is 37.9 Å². The number of nitrogens with zero attached hydrogens (tertiary/aromatic N) is 3. The molecule has 3 aliphatic rings. The minimum absolute atomic E-state index is 0.0321. The van der Waals surface area contributed by atoms with Gasteiger partial charge in [0, 0.05) is 29.2 Å².